The van der Waals surface area contributed by atoms with Crippen molar-refractivity contribution in [1.82, 2.24) is 25.3 Å². The highest BCUT2D eigenvalue weighted by molar-refractivity contribution is 7.12. The number of hydrogen-bond donors (Lipinski definition) is 2. The molecule has 7 nitrogen and oxygen atoms in total. The number of carbonyl (C=O) groups is 1. The minimum Gasteiger partial charge on any atom is -0.333 e. The van der Waals surface area contributed by atoms with Crippen molar-refractivity contribution in [3.05, 3.63) is 75.3 Å². The highest BCUT2D eigenvalue weighted by atomic mass is 32.1. The van der Waals surface area contributed by atoms with Gasteiger partial charge in [-0.25, -0.2) is 0 Å². The molecular weight excluding hydrogens is 525 g/mol. The van der Waals surface area contributed by atoms with Crippen LogP contribution in [0.1, 0.15) is 46.3 Å². The fourth-order valence-corrected chi connectivity index (χ4v) is 6.17. The van der Waals surface area contributed by atoms with E-state index in [-0.39, 0.29) is 23.6 Å². The molecular formula is C28H29F3N6OS. The molecule has 1 amide bonds. The van der Waals surface area contributed by atoms with Crippen molar-refractivity contribution >= 4 is 17.2 Å². The molecule has 2 aliphatic rings. The monoisotopic (exact) mass is 554 g/mol. The molecule has 2 N–H and O–H groups in total. The average molecular weight is 555 g/mol. The highest BCUT2D eigenvalue weighted by Crippen LogP contribution is 2.44. The molecule has 0 radical (unpaired) electrons. The third kappa shape index (κ3) is 5.50. The van der Waals surface area contributed by atoms with Crippen LogP contribution in [0.2, 0.25) is 0 Å². The lowest BCUT2D eigenvalue weighted by Crippen LogP contribution is -2.65. The van der Waals surface area contributed by atoms with Gasteiger partial charge < -0.3 is 15.5 Å². The van der Waals surface area contributed by atoms with E-state index in [0.29, 0.717) is 35.6 Å². The molecule has 3 aromatic rings. The van der Waals surface area contributed by atoms with Crippen molar-refractivity contribution in [2.24, 2.45) is 0 Å². The fourth-order valence-electron chi connectivity index (χ4n) is 5.14. The van der Waals surface area contributed by atoms with Crippen LogP contribution in [0.25, 0.3) is 11.1 Å². The first-order chi connectivity index (χ1) is 18.6. The van der Waals surface area contributed by atoms with Crippen molar-refractivity contribution in [3.8, 4) is 17.2 Å². The molecule has 1 atom stereocenters. The van der Waals surface area contributed by atoms with E-state index in [4.69, 9.17) is 0 Å². The molecule has 204 valence electrons. The summed E-state index contributed by atoms with van der Waals surface area (Å²) in [6.45, 7) is 7.08. The first-order valence-corrected chi connectivity index (χ1v) is 13.6. The van der Waals surface area contributed by atoms with Gasteiger partial charge in [0.25, 0.3) is 0 Å². The number of halogens is 3. The van der Waals surface area contributed by atoms with Crippen molar-refractivity contribution in [2.45, 2.75) is 44.6 Å². The minimum atomic E-state index is -4.62. The Bertz CT molecular complexity index is 1450. The van der Waals surface area contributed by atoms with Gasteiger partial charge in [0.1, 0.15) is 10.9 Å². The normalized spacial score (nSPS) is 18.6. The van der Waals surface area contributed by atoms with Gasteiger partial charge in [0.2, 0.25) is 5.91 Å². The standard InChI is InChI=1S/C28H29F3N6OS/c1-3-37-14-23(26(35-37)28(29,30)31)20-8-5-4-7-19(20)22-13-36(15-24-21(22)11-18(12-32)39-24)25(38)9-6-10-34-27(2)16-33-17-27/h4-9,11,14,22,33-34H,3,10,13,15-17H2,1-2H3/b9-6+/t22-/m0/s1. The zero-order chi connectivity index (χ0) is 27.8. The van der Waals surface area contributed by atoms with Gasteiger partial charge >= 0.3 is 6.18 Å². The van der Waals surface area contributed by atoms with Crippen LogP contribution in [0.15, 0.2) is 48.7 Å². The van der Waals surface area contributed by atoms with E-state index in [1.54, 1.807) is 54.3 Å². The quantitative estimate of drug-likeness (QED) is 0.420. The zero-order valence-corrected chi connectivity index (χ0v) is 22.5. The van der Waals surface area contributed by atoms with Crippen molar-refractivity contribution < 1.29 is 18.0 Å². The summed E-state index contributed by atoms with van der Waals surface area (Å²) in [7, 11) is 0. The predicted molar refractivity (Wildman–Crippen MR) is 143 cm³/mol. The number of alkyl halides is 3. The van der Waals surface area contributed by atoms with Crippen LogP contribution in [-0.2, 0) is 24.1 Å². The van der Waals surface area contributed by atoms with E-state index in [1.807, 2.05) is 0 Å². The summed E-state index contributed by atoms with van der Waals surface area (Å²) < 4.78 is 43.2. The second-order valence-electron chi connectivity index (χ2n) is 10.2. The van der Waals surface area contributed by atoms with Crippen LogP contribution in [-0.4, -0.2) is 52.3 Å². The lowest BCUT2D eigenvalue weighted by atomic mass is 9.83. The number of thiophene rings is 1. The molecule has 0 saturated carbocycles. The Hall–Kier alpha value is -3.46. The van der Waals surface area contributed by atoms with Crippen LogP contribution in [0.3, 0.4) is 0 Å². The number of amides is 1. The van der Waals surface area contributed by atoms with Gasteiger partial charge in [-0.3, -0.25) is 9.48 Å². The largest absolute Gasteiger partial charge is 0.435 e. The molecule has 39 heavy (non-hydrogen) atoms. The Morgan fingerprint density at radius 3 is 2.74 bits per heavy atom. The molecule has 2 aliphatic heterocycles. The van der Waals surface area contributed by atoms with E-state index < -0.39 is 17.8 Å². The minimum absolute atomic E-state index is 0.00522. The summed E-state index contributed by atoms with van der Waals surface area (Å²) >= 11 is 1.32. The van der Waals surface area contributed by atoms with E-state index in [9.17, 15) is 23.2 Å². The Morgan fingerprint density at radius 1 is 1.31 bits per heavy atom. The SMILES string of the molecule is CCn1cc(-c2ccccc2[C@@H]2CN(C(=O)/C=C/CNC3(C)CNC3)Cc3sc(C#N)cc32)c(C(F)(F)F)n1. The van der Waals surface area contributed by atoms with Gasteiger partial charge in [0, 0.05) is 66.9 Å². The van der Waals surface area contributed by atoms with Crippen molar-refractivity contribution in [1.29, 1.82) is 5.26 Å². The number of benzene rings is 1. The Balaban J connectivity index is 1.49. The second kappa shape index (κ2) is 10.6. The van der Waals surface area contributed by atoms with E-state index in [1.165, 1.54) is 22.2 Å². The molecule has 5 rings (SSSR count). The van der Waals surface area contributed by atoms with Crippen molar-refractivity contribution in [2.75, 3.05) is 26.2 Å². The third-order valence-corrected chi connectivity index (χ3v) is 8.33. The van der Waals surface area contributed by atoms with Crippen LogP contribution in [0.4, 0.5) is 13.2 Å². The Morgan fingerprint density at radius 2 is 2.08 bits per heavy atom. The first kappa shape index (κ1) is 27.1. The van der Waals surface area contributed by atoms with Crippen LogP contribution in [0.5, 0.6) is 0 Å². The number of nitriles is 1. The molecule has 11 heteroatoms. The molecule has 0 spiro atoms. The zero-order valence-electron chi connectivity index (χ0n) is 21.7. The average Bonchev–Trinajstić information content (AvgIpc) is 3.53. The molecule has 0 aliphatic carbocycles. The lowest BCUT2D eigenvalue weighted by Gasteiger charge is -2.40. The highest BCUT2D eigenvalue weighted by Gasteiger charge is 2.39. The Kier molecular flexibility index (Phi) is 7.37. The van der Waals surface area contributed by atoms with Crippen LogP contribution >= 0.6 is 11.3 Å². The number of carbonyl (C=O) groups excluding carboxylic acids is 1. The molecule has 1 aromatic carbocycles. The molecule has 4 heterocycles. The number of rotatable bonds is 7. The van der Waals surface area contributed by atoms with Gasteiger partial charge in [-0.15, -0.1) is 11.3 Å². The van der Waals surface area contributed by atoms with Crippen molar-refractivity contribution in [3.63, 3.8) is 0 Å². The number of hydrogen-bond acceptors (Lipinski definition) is 6. The van der Waals surface area contributed by atoms with E-state index in [2.05, 4.69) is 28.7 Å². The number of nitrogens with zero attached hydrogens (tertiary/aromatic N) is 4. The lowest BCUT2D eigenvalue weighted by molar-refractivity contribution is -0.141. The maximum absolute atomic E-state index is 14.0. The summed E-state index contributed by atoms with van der Waals surface area (Å²) in [6.07, 6.45) is 0.150. The molecule has 2 aromatic heterocycles. The van der Waals surface area contributed by atoms with Gasteiger partial charge in [0.05, 0.1) is 6.54 Å². The Labute approximate surface area is 228 Å². The van der Waals surface area contributed by atoms with Crippen LogP contribution in [0, 0.1) is 11.3 Å². The first-order valence-electron chi connectivity index (χ1n) is 12.8. The van der Waals surface area contributed by atoms with Gasteiger partial charge in [-0.2, -0.15) is 23.5 Å². The number of fused-ring (bicyclic) bond motifs is 1. The third-order valence-electron chi connectivity index (χ3n) is 7.29. The summed E-state index contributed by atoms with van der Waals surface area (Å²) in [5.41, 5.74) is 1.05. The van der Waals surface area contributed by atoms with E-state index in [0.717, 1.165) is 23.5 Å². The smallest absolute Gasteiger partial charge is 0.333 e. The molecule has 1 fully saturated rings. The summed E-state index contributed by atoms with van der Waals surface area (Å²) in [5.74, 6) is -0.576. The second-order valence-corrected chi connectivity index (χ2v) is 11.3. The summed E-state index contributed by atoms with van der Waals surface area (Å²) in [6, 6.07) is 10.9. The topological polar surface area (TPSA) is 86.0 Å². The van der Waals surface area contributed by atoms with E-state index >= 15 is 0 Å². The van der Waals surface area contributed by atoms with Gasteiger partial charge in [0.15, 0.2) is 5.69 Å². The molecule has 1 saturated heterocycles. The maximum Gasteiger partial charge on any atom is 0.435 e. The number of aryl methyl sites for hydroxylation is 1. The molecule has 0 bridgehead atoms. The van der Waals surface area contributed by atoms with Gasteiger partial charge in [-0.05, 0) is 36.6 Å². The molecule has 0 unspecified atom stereocenters. The summed E-state index contributed by atoms with van der Waals surface area (Å²) in [4.78, 5) is 16.3. The van der Waals surface area contributed by atoms with Crippen LogP contribution < -0.4 is 10.6 Å². The fraction of sp³-hybridized carbons (Fsp3) is 0.393. The number of aromatic nitrogens is 2. The van der Waals surface area contributed by atoms with Gasteiger partial charge in [-0.1, -0.05) is 30.3 Å². The summed E-state index contributed by atoms with van der Waals surface area (Å²) in [5, 5.41) is 20.0. The maximum atomic E-state index is 14.0. The predicted octanol–water partition coefficient (Wildman–Crippen LogP) is 4.50. The number of nitrogens with one attached hydrogen (secondary N) is 2.